The Balaban J connectivity index is 1.47. The Morgan fingerprint density at radius 2 is 1.14 bits per heavy atom. The van der Waals surface area contributed by atoms with Crippen LogP contribution in [0.3, 0.4) is 0 Å². The van der Waals surface area contributed by atoms with Gasteiger partial charge in [0.15, 0.2) is 0 Å². The van der Waals surface area contributed by atoms with E-state index in [1.54, 1.807) is 12.4 Å². The Hall–Kier alpha value is -3.32. The van der Waals surface area contributed by atoms with Crippen LogP contribution in [-0.2, 0) is 27.2 Å². The first-order chi connectivity index (χ1) is 14.2. The summed E-state index contributed by atoms with van der Waals surface area (Å²) < 4.78 is 5.04. The van der Waals surface area contributed by atoms with Crippen molar-refractivity contribution < 1.29 is 14.3 Å². The summed E-state index contributed by atoms with van der Waals surface area (Å²) in [6.07, 6.45) is 6.42. The van der Waals surface area contributed by atoms with Crippen molar-refractivity contribution in [1.29, 1.82) is 0 Å². The number of hydrogen-bond acceptors (Lipinski definition) is 5. The molecule has 29 heavy (non-hydrogen) atoms. The van der Waals surface area contributed by atoms with Crippen LogP contribution in [0.4, 0.5) is 0 Å². The van der Waals surface area contributed by atoms with Gasteiger partial charge < -0.3 is 4.74 Å². The highest BCUT2D eigenvalue weighted by Crippen LogP contribution is 2.01. The van der Waals surface area contributed by atoms with E-state index >= 15 is 0 Å². The van der Waals surface area contributed by atoms with Gasteiger partial charge in [-0.05, 0) is 36.8 Å². The molecule has 152 valence electrons. The van der Waals surface area contributed by atoms with E-state index in [2.05, 4.69) is 21.1 Å². The van der Waals surface area contributed by atoms with Gasteiger partial charge in [0.05, 0.1) is 0 Å². The quantitative estimate of drug-likeness (QED) is 0.428. The maximum Gasteiger partial charge on any atom is 0.266 e. The Kier molecular flexibility index (Phi) is 10.4. The SMILES string of the molecule is O=C(COCC(=O)N/N=C\CCc1ccccc1)N/N=C\CCc1ccccc1. The van der Waals surface area contributed by atoms with Gasteiger partial charge in [-0.25, -0.2) is 10.9 Å². The predicted molar refractivity (Wildman–Crippen MR) is 114 cm³/mol. The molecule has 0 atom stereocenters. The fourth-order valence-corrected chi connectivity index (χ4v) is 2.42. The van der Waals surface area contributed by atoms with Crippen molar-refractivity contribution in [3.63, 3.8) is 0 Å². The van der Waals surface area contributed by atoms with Gasteiger partial charge in [0.25, 0.3) is 11.8 Å². The van der Waals surface area contributed by atoms with Crippen LogP contribution in [0.2, 0.25) is 0 Å². The summed E-state index contributed by atoms with van der Waals surface area (Å²) >= 11 is 0. The number of carbonyl (C=O) groups is 2. The van der Waals surface area contributed by atoms with Crippen LogP contribution in [-0.4, -0.2) is 37.5 Å². The normalized spacial score (nSPS) is 11.0. The molecule has 2 amide bonds. The molecular weight excluding hydrogens is 368 g/mol. The third-order valence-corrected chi connectivity index (χ3v) is 3.84. The molecule has 2 rings (SSSR count). The maximum atomic E-state index is 11.6. The van der Waals surface area contributed by atoms with E-state index in [-0.39, 0.29) is 13.2 Å². The third-order valence-electron chi connectivity index (χ3n) is 3.84. The lowest BCUT2D eigenvalue weighted by molar-refractivity contribution is -0.130. The van der Waals surface area contributed by atoms with Crippen LogP contribution >= 0.6 is 0 Å². The zero-order valence-corrected chi connectivity index (χ0v) is 16.3. The summed E-state index contributed by atoms with van der Waals surface area (Å²) in [4.78, 5) is 23.2. The fraction of sp³-hybridized carbons (Fsp3) is 0.273. The smallest absolute Gasteiger partial charge is 0.266 e. The van der Waals surface area contributed by atoms with E-state index in [1.807, 2.05) is 60.7 Å². The second-order valence-electron chi connectivity index (χ2n) is 6.23. The molecule has 0 spiro atoms. The first-order valence-electron chi connectivity index (χ1n) is 9.50. The van der Waals surface area contributed by atoms with E-state index in [4.69, 9.17) is 4.74 Å². The van der Waals surface area contributed by atoms with Crippen LogP contribution in [0.25, 0.3) is 0 Å². The monoisotopic (exact) mass is 394 g/mol. The number of nitrogens with one attached hydrogen (secondary N) is 2. The minimum absolute atomic E-state index is 0.249. The minimum Gasteiger partial charge on any atom is -0.362 e. The second kappa shape index (κ2) is 13.8. The van der Waals surface area contributed by atoms with Crippen molar-refractivity contribution in [2.75, 3.05) is 13.2 Å². The van der Waals surface area contributed by atoms with Crippen LogP contribution < -0.4 is 10.9 Å². The van der Waals surface area contributed by atoms with Gasteiger partial charge >= 0.3 is 0 Å². The van der Waals surface area contributed by atoms with Gasteiger partial charge in [-0.2, -0.15) is 10.2 Å². The van der Waals surface area contributed by atoms with Crippen LogP contribution in [0.1, 0.15) is 24.0 Å². The van der Waals surface area contributed by atoms with Crippen LogP contribution in [0, 0.1) is 0 Å². The molecule has 2 N–H and O–H groups in total. The van der Waals surface area contributed by atoms with Gasteiger partial charge in [-0.1, -0.05) is 60.7 Å². The van der Waals surface area contributed by atoms with Gasteiger partial charge in [0.1, 0.15) is 13.2 Å². The molecule has 0 radical (unpaired) electrons. The van der Waals surface area contributed by atoms with Crippen molar-refractivity contribution in [1.82, 2.24) is 10.9 Å². The zero-order valence-electron chi connectivity index (χ0n) is 16.3. The number of aryl methyl sites for hydroxylation is 2. The molecule has 7 nitrogen and oxygen atoms in total. The Labute approximate surface area is 170 Å². The van der Waals surface area contributed by atoms with E-state index < -0.39 is 11.8 Å². The Morgan fingerprint density at radius 3 is 1.55 bits per heavy atom. The molecule has 2 aromatic rings. The van der Waals surface area contributed by atoms with Crippen molar-refractivity contribution >= 4 is 24.2 Å². The number of carbonyl (C=O) groups excluding carboxylic acids is 2. The van der Waals surface area contributed by atoms with E-state index in [0.29, 0.717) is 0 Å². The summed E-state index contributed by atoms with van der Waals surface area (Å²) in [5.41, 5.74) is 7.15. The molecule has 7 heteroatoms. The molecule has 0 saturated heterocycles. The van der Waals surface area contributed by atoms with Crippen molar-refractivity contribution in [2.45, 2.75) is 25.7 Å². The Morgan fingerprint density at radius 1 is 0.724 bits per heavy atom. The fourth-order valence-electron chi connectivity index (χ4n) is 2.42. The Bertz CT molecular complexity index is 725. The molecule has 0 bridgehead atoms. The average Bonchev–Trinajstić information content (AvgIpc) is 2.75. The van der Waals surface area contributed by atoms with Gasteiger partial charge in [-0.3, -0.25) is 9.59 Å². The molecular formula is C22H26N4O3. The second-order valence-corrected chi connectivity index (χ2v) is 6.23. The zero-order chi connectivity index (χ0) is 20.6. The average molecular weight is 394 g/mol. The standard InChI is InChI=1S/C22H26N4O3/c27-21(25-23-15-7-13-19-9-3-1-4-10-19)17-29-18-22(28)26-24-16-8-14-20-11-5-2-6-12-20/h1-6,9-12,15-16H,7-8,13-14,17-18H2,(H,25,27)(H,26,28)/b23-15-,24-16-. The summed E-state index contributed by atoms with van der Waals surface area (Å²) in [5.74, 6) is -0.833. The molecule has 0 aliphatic heterocycles. The number of hydrazone groups is 2. The first kappa shape index (κ1) is 22.0. The number of benzene rings is 2. The van der Waals surface area contributed by atoms with Crippen LogP contribution in [0.15, 0.2) is 70.9 Å². The summed E-state index contributed by atoms with van der Waals surface area (Å²) in [5, 5.41) is 7.70. The number of rotatable bonds is 12. The lowest BCUT2D eigenvalue weighted by atomic mass is 10.1. The largest absolute Gasteiger partial charge is 0.362 e. The molecule has 0 aromatic heterocycles. The molecule has 0 fully saturated rings. The molecule has 2 aromatic carbocycles. The summed E-state index contributed by atoms with van der Waals surface area (Å²) in [6, 6.07) is 20.0. The van der Waals surface area contributed by atoms with Gasteiger partial charge in [0.2, 0.25) is 0 Å². The number of hydrogen-bond donors (Lipinski definition) is 2. The van der Waals surface area contributed by atoms with E-state index in [0.717, 1.165) is 25.7 Å². The lowest BCUT2D eigenvalue weighted by Crippen LogP contribution is -2.28. The maximum absolute atomic E-state index is 11.6. The molecule has 0 unspecified atom stereocenters. The molecule has 0 aliphatic carbocycles. The van der Waals surface area contributed by atoms with Crippen molar-refractivity contribution in [3.05, 3.63) is 71.8 Å². The molecule has 0 heterocycles. The van der Waals surface area contributed by atoms with Crippen LogP contribution in [0.5, 0.6) is 0 Å². The summed E-state index contributed by atoms with van der Waals surface area (Å²) in [6.45, 7) is -0.498. The predicted octanol–water partition coefficient (Wildman–Crippen LogP) is 2.47. The van der Waals surface area contributed by atoms with Crippen molar-refractivity contribution in [3.8, 4) is 0 Å². The first-order valence-corrected chi connectivity index (χ1v) is 9.50. The number of nitrogens with zero attached hydrogens (tertiary/aromatic N) is 2. The van der Waals surface area contributed by atoms with Gasteiger partial charge in [-0.15, -0.1) is 0 Å². The highest BCUT2D eigenvalue weighted by atomic mass is 16.5. The topological polar surface area (TPSA) is 92.2 Å². The van der Waals surface area contributed by atoms with E-state index in [9.17, 15) is 9.59 Å². The molecule has 0 saturated carbocycles. The highest BCUT2D eigenvalue weighted by molar-refractivity contribution is 5.80. The number of amides is 2. The third kappa shape index (κ3) is 10.6. The summed E-state index contributed by atoms with van der Waals surface area (Å²) in [7, 11) is 0. The minimum atomic E-state index is -0.417. The highest BCUT2D eigenvalue weighted by Gasteiger charge is 2.03. The van der Waals surface area contributed by atoms with Crippen molar-refractivity contribution in [2.24, 2.45) is 10.2 Å². The lowest BCUT2D eigenvalue weighted by Gasteiger charge is -2.02. The van der Waals surface area contributed by atoms with Gasteiger partial charge in [0, 0.05) is 12.4 Å². The van der Waals surface area contributed by atoms with E-state index in [1.165, 1.54) is 11.1 Å². The number of ether oxygens (including phenoxy) is 1. The molecule has 0 aliphatic rings.